The van der Waals surface area contributed by atoms with Gasteiger partial charge in [-0.3, -0.25) is 9.52 Å². The maximum atomic E-state index is 13.7. The Kier molecular flexibility index (Phi) is 7.13. The van der Waals surface area contributed by atoms with Crippen LogP contribution in [0.15, 0.2) is 48.8 Å². The molecule has 0 aliphatic carbocycles. The van der Waals surface area contributed by atoms with Gasteiger partial charge in [0.15, 0.2) is 0 Å². The zero-order chi connectivity index (χ0) is 28.9. The number of hydrogen-bond donors (Lipinski definition) is 3. The number of piperazine rings is 1. The molecule has 3 aliphatic heterocycles. The summed E-state index contributed by atoms with van der Waals surface area (Å²) < 4.78 is 46.3. The number of pyridine rings is 1. The fourth-order valence-electron chi connectivity index (χ4n) is 5.99. The first kappa shape index (κ1) is 27.5. The molecule has 3 fully saturated rings. The highest BCUT2D eigenvalue weighted by Crippen LogP contribution is 2.37. The van der Waals surface area contributed by atoms with Crippen LogP contribution in [0.2, 0.25) is 0 Å². The number of fused-ring (bicyclic) bond motifs is 2. The molecule has 3 N–H and O–H groups in total. The average molecular weight is 588 g/mol. The Morgan fingerprint density at radius 2 is 2.02 bits per heavy atom. The first-order chi connectivity index (χ1) is 19.6. The molecule has 3 saturated heterocycles. The van der Waals surface area contributed by atoms with Gasteiger partial charge in [-0.25, -0.2) is 22.5 Å². The number of ether oxygens (including phenoxy) is 1. The number of hydrogen-bond acceptors (Lipinski definition) is 10. The van der Waals surface area contributed by atoms with Crippen molar-refractivity contribution in [2.45, 2.75) is 49.3 Å². The molecule has 0 spiro atoms. The van der Waals surface area contributed by atoms with Gasteiger partial charge in [0.05, 0.1) is 43.0 Å². The SMILES string of the molecule is CS(=O)(=O)Nc1ccc(N2C[C@@H]3C[C@H]2CN3C(=O)[C@H]2C[C@@H](n3cc(-c4cccc(F)c4)nn3)[C@@H](O)[C@@H](CO)O2)cn1. The number of aliphatic hydroxyl groups is 2. The molecule has 15 heteroatoms. The Hall–Kier alpha value is -3.66. The Labute approximate surface area is 235 Å². The van der Waals surface area contributed by atoms with Crippen molar-refractivity contribution in [1.82, 2.24) is 24.9 Å². The van der Waals surface area contributed by atoms with E-state index < -0.39 is 46.8 Å². The molecule has 3 aromatic rings. The number of halogens is 1. The van der Waals surface area contributed by atoms with Crippen LogP contribution < -0.4 is 9.62 Å². The number of nitrogens with one attached hydrogen (secondary N) is 1. The van der Waals surface area contributed by atoms with Crippen LogP contribution in [0, 0.1) is 5.82 Å². The van der Waals surface area contributed by atoms with E-state index in [1.165, 1.54) is 16.8 Å². The summed E-state index contributed by atoms with van der Waals surface area (Å²) in [4.78, 5) is 21.8. The van der Waals surface area contributed by atoms with Crippen molar-refractivity contribution in [3.05, 3.63) is 54.6 Å². The van der Waals surface area contributed by atoms with E-state index in [2.05, 4.69) is 24.9 Å². The summed E-state index contributed by atoms with van der Waals surface area (Å²) in [5.41, 5.74) is 1.78. The lowest BCUT2D eigenvalue weighted by Crippen LogP contribution is -2.56. The maximum Gasteiger partial charge on any atom is 0.252 e. The third-order valence-corrected chi connectivity index (χ3v) is 8.47. The van der Waals surface area contributed by atoms with Gasteiger partial charge in [-0.05, 0) is 30.7 Å². The molecule has 1 aromatic carbocycles. The number of carbonyl (C=O) groups excluding carboxylic acids is 1. The Morgan fingerprint density at radius 3 is 2.68 bits per heavy atom. The second-order valence-electron chi connectivity index (χ2n) is 10.7. The predicted octanol–water partition coefficient (Wildman–Crippen LogP) is 0.392. The van der Waals surface area contributed by atoms with Gasteiger partial charge in [-0.2, -0.15) is 0 Å². The van der Waals surface area contributed by atoms with Gasteiger partial charge < -0.3 is 24.7 Å². The Bertz CT molecular complexity index is 1540. The number of likely N-dealkylation sites (tertiary alicyclic amines) is 1. The van der Waals surface area contributed by atoms with Crippen molar-refractivity contribution in [2.75, 3.05) is 35.6 Å². The van der Waals surface area contributed by atoms with E-state index in [1.54, 1.807) is 41.6 Å². The molecule has 1 amide bonds. The number of aromatic nitrogens is 4. The van der Waals surface area contributed by atoms with Crippen LogP contribution >= 0.6 is 0 Å². The van der Waals surface area contributed by atoms with E-state index in [1.807, 2.05) is 0 Å². The van der Waals surface area contributed by atoms with E-state index in [9.17, 15) is 27.8 Å². The van der Waals surface area contributed by atoms with Gasteiger partial charge in [0, 0.05) is 31.1 Å². The van der Waals surface area contributed by atoms with E-state index in [0.29, 0.717) is 24.3 Å². The van der Waals surface area contributed by atoms with Crippen LogP contribution in [-0.2, 0) is 19.6 Å². The molecule has 2 bridgehead atoms. The average Bonchev–Trinajstić information content (AvgIpc) is 3.69. The number of benzene rings is 1. The van der Waals surface area contributed by atoms with Gasteiger partial charge >= 0.3 is 0 Å². The van der Waals surface area contributed by atoms with Crippen LogP contribution in [0.3, 0.4) is 0 Å². The highest BCUT2D eigenvalue weighted by molar-refractivity contribution is 7.92. The minimum Gasteiger partial charge on any atom is -0.394 e. The van der Waals surface area contributed by atoms with Crippen molar-refractivity contribution in [3.63, 3.8) is 0 Å². The molecule has 41 heavy (non-hydrogen) atoms. The number of rotatable bonds is 7. The van der Waals surface area contributed by atoms with Crippen LogP contribution in [0.4, 0.5) is 15.9 Å². The molecule has 6 atom stereocenters. The molecule has 0 radical (unpaired) electrons. The molecule has 0 unspecified atom stereocenters. The van der Waals surface area contributed by atoms with Crippen LogP contribution in [0.1, 0.15) is 18.9 Å². The van der Waals surface area contributed by atoms with Gasteiger partial charge in [-0.15, -0.1) is 5.10 Å². The minimum absolute atomic E-state index is 0.0576. The summed E-state index contributed by atoms with van der Waals surface area (Å²) in [6, 6.07) is 8.63. The zero-order valence-corrected chi connectivity index (χ0v) is 22.9. The normalized spacial score (nSPS) is 27.8. The molecule has 218 valence electrons. The topological polar surface area (TPSA) is 163 Å². The van der Waals surface area contributed by atoms with Gasteiger partial charge in [0.25, 0.3) is 5.91 Å². The van der Waals surface area contributed by atoms with Crippen molar-refractivity contribution >= 4 is 27.4 Å². The lowest BCUT2D eigenvalue weighted by Gasteiger charge is -2.41. The quantitative estimate of drug-likeness (QED) is 0.353. The lowest BCUT2D eigenvalue weighted by molar-refractivity contribution is -0.179. The van der Waals surface area contributed by atoms with Crippen molar-refractivity contribution < 1.29 is 32.6 Å². The number of aliphatic hydroxyl groups excluding tert-OH is 2. The standard InChI is InChI=1S/C26H30FN7O6S/c1-41(38,39)30-24-6-5-17(10-28-24)32-11-19-8-18(32)12-33(19)26(37)22-9-21(25(36)23(14-35)40-22)34-13-20(29-31-34)15-3-2-4-16(27)7-15/h2-7,10,13,18-19,21-23,25,35-36H,8-9,11-12,14H2,1H3,(H,28,30)/t18-,19-,21+,22+,23+,25+/m0/s1. The molecular weight excluding hydrogens is 557 g/mol. The van der Waals surface area contributed by atoms with Gasteiger partial charge in [0.2, 0.25) is 10.0 Å². The summed E-state index contributed by atoms with van der Waals surface area (Å²) in [5.74, 6) is -0.397. The second-order valence-corrected chi connectivity index (χ2v) is 12.4. The van der Waals surface area contributed by atoms with Gasteiger partial charge in [0.1, 0.15) is 35.6 Å². The summed E-state index contributed by atoms with van der Waals surface area (Å²) >= 11 is 0. The number of amides is 1. The molecule has 13 nitrogen and oxygen atoms in total. The molecule has 6 rings (SSSR count). The van der Waals surface area contributed by atoms with Crippen LogP contribution in [-0.4, -0.2) is 106 Å². The van der Waals surface area contributed by atoms with Crippen molar-refractivity contribution in [2.24, 2.45) is 0 Å². The Morgan fingerprint density at radius 1 is 1.20 bits per heavy atom. The van der Waals surface area contributed by atoms with Crippen molar-refractivity contribution in [1.29, 1.82) is 0 Å². The smallest absolute Gasteiger partial charge is 0.252 e. The van der Waals surface area contributed by atoms with Crippen LogP contribution in [0.25, 0.3) is 11.3 Å². The highest BCUT2D eigenvalue weighted by atomic mass is 32.2. The van der Waals surface area contributed by atoms with E-state index in [0.717, 1.165) is 18.4 Å². The molecular formula is C26H30FN7O6S. The summed E-state index contributed by atoms with van der Waals surface area (Å²) in [5, 5.41) is 29.1. The van der Waals surface area contributed by atoms with Crippen molar-refractivity contribution in [3.8, 4) is 11.3 Å². The summed E-state index contributed by atoms with van der Waals surface area (Å²) in [6.45, 7) is 0.569. The lowest BCUT2D eigenvalue weighted by atomic mass is 9.94. The number of anilines is 2. The maximum absolute atomic E-state index is 13.7. The van der Waals surface area contributed by atoms with Crippen LogP contribution in [0.5, 0.6) is 0 Å². The summed E-state index contributed by atoms with van der Waals surface area (Å²) in [6.07, 6.45) is 2.11. The molecule has 3 aliphatic rings. The van der Waals surface area contributed by atoms with Gasteiger partial charge in [-0.1, -0.05) is 17.3 Å². The molecule has 5 heterocycles. The first-order valence-electron chi connectivity index (χ1n) is 13.2. The Balaban J connectivity index is 1.14. The van der Waals surface area contributed by atoms with E-state index in [4.69, 9.17) is 4.74 Å². The van der Waals surface area contributed by atoms with E-state index in [-0.39, 0.29) is 30.2 Å². The highest BCUT2D eigenvalue weighted by Gasteiger charge is 2.49. The second kappa shape index (κ2) is 10.6. The molecule has 0 saturated carbocycles. The predicted molar refractivity (Wildman–Crippen MR) is 145 cm³/mol. The first-order valence-corrected chi connectivity index (χ1v) is 15.1. The monoisotopic (exact) mass is 587 g/mol. The third kappa shape index (κ3) is 5.49. The zero-order valence-electron chi connectivity index (χ0n) is 22.1. The third-order valence-electron chi connectivity index (χ3n) is 7.89. The fourth-order valence-corrected chi connectivity index (χ4v) is 6.49. The number of carbonyl (C=O) groups is 1. The summed E-state index contributed by atoms with van der Waals surface area (Å²) in [7, 11) is -3.43. The number of nitrogens with zero attached hydrogens (tertiary/aromatic N) is 6. The van der Waals surface area contributed by atoms with E-state index >= 15 is 0 Å². The number of sulfonamides is 1. The fraction of sp³-hybridized carbons (Fsp3) is 0.462. The molecule has 2 aromatic heterocycles. The minimum atomic E-state index is -3.43. The largest absolute Gasteiger partial charge is 0.394 e.